The van der Waals surface area contributed by atoms with E-state index in [-0.39, 0.29) is 53.6 Å². The Hall–Kier alpha value is -4.07. The average Bonchev–Trinajstić information content (AvgIpc) is 3.58. The lowest BCUT2D eigenvalue weighted by atomic mass is 9.85. The molecule has 3 aliphatic rings. The minimum atomic E-state index is -0.505. The maximum absolute atomic E-state index is 13.9. The maximum atomic E-state index is 13.9. The molecule has 2 heterocycles. The first-order chi connectivity index (χ1) is 16.5. The predicted molar refractivity (Wildman–Crippen MR) is 124 cm³/mol. The predicted octanol–water partition coefficient (Wildman–Crippen LogP) is 3.56. The first-order valence-electron chi connectivity index (χ1n) is 11.2. The number of halogens is 1. The van der Waals surface area contributed by atoms with Gasteiger partial charge in [0.25, 0.3) is 11.8 Å². The number of amides is 3. The third-order valence-corrected chi connectivity index (χ3v) is 7.04. The molecule has 2 aromatic carbocycles. The summed E-state index contributed by atoms with van der Waals surface area (Å²) in [5, 5.41) is 8.70. The summed E-state index contributed by atoms with van der Waals surface area (Å²) in [6.07, 6.45) is 8.20. The second kappa shape index (κ2) is 7.76. The van der Waals surface area contributed by atoms with Crippen LogP contribution in [-0.4, -0.2) is 33.5 Å². The van der Waals surface area contributed by atoms with Gasteiger partial charge in [0, 0.05) is 22.7 Å². The number of aromatic nitrogens is 1. The van der Waals surface area contributed by atoms with E-state index in [1.54, 1.807) is 22.9 Å². The molecule has 1 N–H and O–H groups in total. The molecule has 3 aromatic rings. The largest absolute Gasteiger partial charge is 0.337 e. The number of carbonyl (C=O) groups is 3. The first kappa shape index (κ1) is 20.5. The number of rotatable bonds is 5. The molecule has 34 heavy (non-hydrogen) atoms. The summed E-state index contributed by atoms with van der Waals surface area (Å²) >= 11 is 0. The molecule has 4 atom stereocenters. The quantitative estimate of drug-likeness (QED) is 0.362. The normalized spacial score (nSPS) is 25.1. The fourth-order valence-electron chi connectivity index (χ4n) is 5.54. The molecule has 1 saturated heterocycles. The number of nitrogens with zero attached hydrogens (tertiary/aromatic N) is 3. The van der Waals surface area contributed by atoms with Gasteiger partial charge >= 0.3 is 0 Å². The van der Waals surface area contributed by atoms with Crippen molar-refractivity contribution in [2.24, 2.45) is 28.8 Å². The lowest BCUT2D eigenvalue weighted by Gasteiger charge is -2.13. The number of nitrogens with one attached hydrogen (secondary N) is 1. The molecule has 8 heteroatoms. The third kappa shape index (κ3) is 3.17. The van der Waals surface area contributed by atoms with Gasteiger partial charge in [0.15, 0.2) is 0 Å². The van der Waals surface area contributed by atoms with E-state index in [2.05, 4.69) is 10.4 Å². The van der Waals surface area contributed by atoms with Gasteiger partial charge in [-0.15, -0.1) is 0 Å². The number of benzene rings is 2. The van der Waals surface area contributed by atoms with E-state index in [1.807, 2.05) is 36.4 Å². The fourth-order valence-corrected chi connectivity index (χ4v) is 5.54. The standard InChI is InChI=1S/C26H21FN4O3/c27-19-6-2-3-7-20(19)29-22(32)14-30-13-17(18-5-1-4-8-21(18)30)12-28-31-25(33)23-15-9-10-16(11-15)24(23)26(31)34/h1-10,12-13,15-16,23-24H,11,14H2,(H,29,32). The number of imide groups is 1. The zero-order chi connectivity index (χ0) is 23.4. The number of para-hydroxylation sites is 2. The first-order valence-corrected chi connectivity index (χ1v) is 11.2. The van der Waals surface area contributed by atoms with Crippen LogP contribution in [0.1, 0.15) is 12.0 Å². The summed E-state index contributed by atoms with van der Waals surface area (Å²) in [5.74, 6) is -1.72. The molecule has 0 radical (unpaired) electrons. The number of anilines is 1. The highest BCUT2D eigenvalue weighted by Crippen LogP contribution is 2.52. The van der Waals surface area contributed by atoms with Gasteiger partial charge in [-0.1, -0.05) is 42.5 Å². The molecule has 2 fully saturated rings. The lowest BCUT2D eigenvalue weighted by Crippen LogP contribution is -2.28. The van der Waals surface area contributed by atoms with Crippen LogP contribution in [0.4, 0.5) is 10.1 Å². The van der Waals surface area contributed by atoms with Crippen LogP contribution in [0.2, 0.25) is 0 Å². The van der Waals surface area contributed by atoms with Crippen LogP contribution < -0.4 is 5.32 Å². The number of hydrogen-bond acceptors (Lipinski definition) is 4. The Labute approximate surface area is 194 Å². The van der Waals surface area contributed by atoms with Crippen LogP contribution in [0.25, 0.3) is 10.9 Å². The second-order valence-corrected chi connectivity index (χ2v) is 8.99. The van der Waals surface area contributed by atoms with Crippen LogP contribution >= 0.6 is 0 Å². The van der Waals surface area contributed by atoms with E-state index >= 15 is 0 Å². The molecule has 2 aliphatic carbocycles. The van der Waals surface area contributed by atoms with Crippen molar-refractivity contribution in [1.29, 1.82) is 0 Å². The highest BCUT2D eigenvalue weighted by Gasteiger charge is 2.59. The Morgan fingerprint density at radius 1 is 1.03 bits per heavy atom. The SMILES string of the molecule is O=C(Cn1cc(C=NN2C(=O)C3C4C=CC(C4)C3C2=O)c2ccccc21)Nc1ccccc1F. The Kier molecular flexibility index (Phi) is 4.69. The van der Waals surface area contributed by atoms with Gasteiger partial charge in [0.2, 0.25) is 5.91 Å². The topological polar surface area (TPSA) is 83.8 Å². The molecule has 0 spiro atoms. The van der Waals surface area contributed by atoms with Gasteiger partial charge in [-0.3, -0.25) is 14.4 Å². The summed E-state index contributed by atoms with van der Waals surface area (Å²) < 4.78 is 15.6. The maximum Gasteiger partial charge on any atom is 0.254 e. The molecule has 7 nitrogen and oxygen atoms in total. The van der Waals surface area contributed by atoms with Crippen molar-refractivity contribution < 1.29 is 18.8 Å². The number of allylic oxidation sites excluding steroid dienone is 2. The Morgan fingerprint density at radius 2 is 1.71 bits per heavy atom. The lowest BCUT2D eigenvalue weighted by molar-refractivity contribution is -0.140. The van der Waals surface area contributed by atoms with Crippen molar-refractivity contribution in [3.63, 3.8) is 0 Å². The molecule has 3 amide bonds. The van der Waals surface area contributed by atoms with Crippen LogP contribution in [0.15, 0.2) is 72.0 Å². The molecule has 1 aromatic heterocycles. The van der Waals surface area contributed by atoms with Crippen LogP contribution in [0.3, 0.4) is 0 Å². The molecule has 2 bridgehead atoms. The zero-order valence-electron chi connectivity index (χ0n) is 18.1. The van der Waals surface area contributed by atoms with E-state index in [9.17, 15) is 18.8 Å². The summed E-state index contributed by atoms with van der Waals surface area (Å²) in [6, 6.07) is 13.5. The molecule has 1 saturated carbocycles. The number of carbonyl (C=O) groups excluding carboxylic acids is 3. The summed E-state index contributed by atoms with van der Waals surface area (Å²) in [6.45, 7) is -0.0383. The van der Waals surface area contributed by atoms with Gasteiger partial charge in [0.05, 0.1) is 23.7 Å². The molecule has 170 valence electrons. The van der Waals surface area contributed by atoms with Gasteiger partial charge in [-0.2, -0.15) is 10.1 Å². The van der Waals surface area contributed by atoms with Crippen LogP contribution in [0.5, 0.6) is 0 Å². The molecular weight excluding hydrogens is 435 g/mol. The van der Waals surface area contributed by atoms with Crippen molar-refractivity contribution in [2.45, 2.75) is 13.0 Å². The van der Waals surface area contributed by atoms with Crippen LogP contribution in [0, 0.1) is 29.5 Å². The minimum Gasteiger partial charge on any atom is -0.337 e. The van der Waals surface area contributed by atoms with Crippen LogP contribution in [-0.2, 0) is 20.9 Å². The van der Waals surface area contributed by atoms with Gasteiger partial charge < -0.3 is 9.88 Å². The average molecular weight is 456 g/mol. The van der Waals surface area contributed by atoms with Crippen molar-refractivity contribution >= 4 is 40.5 Å². The van der Waals surface area contributed by atoms with Crippen molar-refractivity contribution in [3.05, 3.63) is 78.3 Å². The van der Waals surface area contributed by atoms with E-state index in [0.29, 0.717) is 5.56 Å². The molecule has 6 rings (SSSR count). The van der Waals surface area contributed by atoms with Crippen molar-refractivity contribution in [3.8, 4) is 0 Å². The number of hydrazone groups is 1. The number of fused-ring (bicyclic) bond motifs is 6. The second-order valence-electron chi connectivity index (χ2n) is 8.99. The Morgan fingerprint density at radius 3 is 2.44 bits per heavy atom. The van der Waals surface area contributed by atoms with Gasteiger partial charge in [-0.05, 0) is 36.5 Å². The summed E-state index contributed by atoms with van der Waals surface area (Å²) in [5.41, 5.74) is 1.57. The Balaban J connectivity index is 1.25. The highest BCUT2D eigenvalue weighted by atomic mass is 19.1. The molecule has 1 aliphatic heterocycles. The van der Waals surface area contributed by atoms with Crippen molar-refractivity contribution in [1.82, 2.24) is 9.58 Å². The van der Waals surface area contributed by atoms with E-state index in [4.69, 9.17) is 0 Å². The highest BCUT2D eigenvalue weighted by molar-refractivity contribution is 6.08. The molecular formula is C26H21FN4O3. The van der Waals surface area contributed by atoms with E-state index < -0.39 is 5.82 Å². The van der Waals surface area contributed by atoms with Gasteiger partial charge in [0.1, 0.15) is 12.4 Å². The fraction of sp³-hybridized carbons (Fsp3) is 0.231. The number of hydrogen-bond donors (Lipinski definition) is 1. The summed E-state index contributed by atoms with van der Waals surface area (Å²) in [7, 11) is 0. The van der Waals surface area contributed by atoms with E-state index in [1.165, 1.54) is 18.3 Å². The monoisotopic (exact) mass is 456 g/mol. The smallest absolute Gasteiger partial charge is 0.254 e. The van der Waals surface area contributed by atoms with Gasteiger partial charge in [-0.25, -0.2) is 4.39 Å². The van der Waals surface area contributed by atoms with E-state index in [0.717, 1.165) is 22.3 Å². The van der Waals surface area contributed by atoms with Crippen molar-refractivity contribution in [2.75, 3.05) is 5.32 Å². The molecule has 4 unspecified atom stereocenters. The minimum absolute atomic E-state index is 0.0383. The zero-order valence-corrected chi connectivity index (χ0v) is 18.1. The summed E-state index contributed by atoms with van der Waals surface area (Å²) in [4.78, 5) is 38.4. The third-order valence-electron chi connectivity index (χ3n) is 7.04. The Bertz CT molecular complexity index is 1380.